The van der Waals surface area contributed by atoms with Crippen LogP contribution >= 0.6 is 0 Å². The number of carbonyl (C=O) groups excluding carboxylic acids is 7. The summed E-state index contributed by atoms with van der Waals surface area (Å²) >= 11 is 0. The average Bonchev–Trinajstić information content (AvgIpc) is 3.58. The number of benzene rings is 1. The second-order valence-corrected chi connectivity index (χ2v) is 14.0. The average molecular weight is 732 g/mol. The maximum atomic E-state index is 13.9. The van der Waals surface area contributed by atoms with E-state index in [0.717, 1.165) is 5.56 Å². The van der Waals surface area contributed by atoms with E-state index in [9.17, 15) is 38.7 Å². The van der Waals surface area contributed by atoms with E-state index in [-0.39, 0.29) is 57.0 Å². The number of hydrogen-bond acceptors (Lipinski definition) is 9. The quantitative estimate of drug-likeness (QED) is 0.0665. The lowest BCUT2D eigenvalue weighted by Crippen LogP contribution is -2.60. The molecule has 290 valence electrons. The molecular weight excluding hydrogens is 674 g/mol. The van der Waals surface area contributed by atoms with E-state index < -0.39 is 84.3 Å². The van der Waals surface area contributed by atoms with E-state index >= 15 is 0 Å². The summed E-state index contributed by atoms with van der Waals surface area (Å²) in [6.07, 6.45) is 1.75. The number of aliphatic hydroxyl groups excluding tert-OH is 1. The fraction of sp³-hybridized carbons (Fsp3) is 0.629. The van der Waals surface area contributed by atoms with Crippen LogP contribution in [0.1, 0.15) is 71.8 Å². The third-order valence-electron chi connectivity index (χ3n) is 8.58. The first-order chi connectivity index (χ1) is 24.5. The van der Waals surface area contributed by atoms with Crippen LogP contribution in [0.5, 0.6) is 0 Å². The van der Waals surface area contributed by atoms with Crippen molar-refractivity contribution in [2.75, 3.05) is 19.7 Å². The van der Waals surface area contributed by atoms with Gasteiger partial charge in [0.1, 0.15) is 36.3 Å². The maximum absolute atomic E-state index is 13.9. The summed E-state index contributed by atoms with van der Waals surface area (Å²) in [5.74, 6) is -4.05. The lowest BCUT2D eigenvalue weighted by atomic mass is 9.98. The molecule has 52 heavy (non-hydrogen) atoms. The minimum Gasteiger partial charge on any atom is -0.394 e. The Labute approximate surface area is 304 Å². The highest BCUT2D eigenvalue weighted by molar-refractivity contribution is 5.96. The van der Waals surface area contributed by atoms with Crippen LogP contribution in [0.15, 0.2) is 30.3 Å². The molecule has 1 aliphatic heterocycles. The summed E-state index contributed by atoms with van der Waals surface area (Å²) in [5, 5.41) is 22.6. The molecule has 2 rings (SSSR count). The molecule has 0 radical (unpaired) electrons. The molecule has 0 saturated carbocycles. The lowest BCUT2D eigenvalue weighted by Gasteiger charge is -2.30. The number of rotatable bonds is 21. The van der Waals surface area contributed by atoms with Crippen LogP contribution in [0.25, 0.3) is 0 Å². The smallest absolute Gasteiger partial charge is 0.312 e. The van der Waals surface area contributed by atoms with Gasteiger partial charge < -0.3 is 53.8 Å². The van der Waals surface area contributed by atoms with Crippen molar-refractivity contribution in [3.8, 4) is 0 Å². The Kier molecular flexibility index (Phi) is 18.0. The van der Waals surface area contributed by atoms with Crippen molar-refractivity contribution in [1.29, 1.82) is 0 Å². The van der Waals surface area contributed by atoms with E-state index in [1.807, 2.05) is 27.7 Å². The van der Waals surface area contributed by atoms with E-state index in [1.54, 1.807) is 30.3 Å². The first-order valence-electron chi connectivity index (χ1n) is 17.8. The molecule has 0 bridgehead atoms. The molecular formula is C35H57N9O8. The number of hydrogen-bond donors (Lipinski definition) is 9. The van der Waals surface area contributed by atoms with E-state index in [0.29, 0.717) is 12.8 Å². The van der Waals surface area contributed by atoms with Crippen molar-refractivity contribution in [3.05, 3.63) is 35.9 Å². The number of likely N-dealkylation sites (tertiary alicyclic amines) is 1. The van der Waals surface area contributed by atoms with Crippen molar-refractivity contribution in [1.82, 2.24) is 31.5 Å². The highest BCUT2D eigenvalue weighted by Gasteiger charge is 2.38. The number of aliphatic hydroxyl groups is 1. The largest absolute Gasteiger partial charge is 0.394 e. The summed E-state index contributed by atoms with van der Waals surface area (Å²) in [4.78, 5) is 92.3. The van der Waals surface area contributed by atoms with Crippen LogP contribution in [0.2, 0.25) is 0 Å². The molecule has 1 aliphatic rings. The third-order valence-corrected chi connectivity index (χ3v) is 8.58. The van der Waals surface area contributed by atoms with E-state index in [1.165, 1.54) is 4.90 Å². The second-order valence-electron chi connectivity index (χ2n) is 14.0. The predicted molar refractivity (Wildman–Crippen MR) is 193 cm³/mol. The zero-order chi connectivity index (χ0) is 39.0. The zero-order valence-electron chi connectivity index (χ0n) is 30.6. The number of primary amides is 2. The minimum atomic E-state index is -1.27. The van der Waals surface area contributed by atoms with Crippen molar-refractivity contribution in [3.63, 3.8) is 0 Å². The number of nitrogens with two attached hydrogens (primary N) is 3. The van der Waals surface area contributed by atoms with Gasteiger partial charge in [0.15, 0.2) is 0 Å². The number of nitrogens with zero attached hydrogens (tertiary/aromatic N) is 1. The highest BCUT2D eigenvalue weighted by Crippen LogP contribution is 2.20. The van der Waals surface area contributed by atoms with Gasteiger partial charge in [0, 0.05) is 19.5 Å². The number of nitrogens with one attached hydrogen (secondary N) is 5. The Morgan fingerprint density at radius 3 is 1.81 bits per heavy atom. The molecule has 1 aromatic rings. The fourth-order valence-electron chi connectivity index (χ4n) is 5.95. The molecule has 17 heteroatoms. The Balaban J connectivity index is 2.31. The van der Waals surface area contributed by atoms with Crippen molar-refractivity contribution in [2.24, 2.45) is 29.0 Å². The first kappa shape index (κ1) is 43.4. The SMILES string of the molecule is CC(C)C[C@H](NC(=O)[C@H](Cc1ccccc1)NC(=O)[C@@H](N)CO)C(=O)N[C@@H](CC(C)C)C(=O)N[C@@H](CCCNC(N)=O)C(=O)N1CCC[C@H]1C(N)=O. The van der Waals surface area contributed by atoms with Crippen LogP contribution < -0.4 is 43.8 Å². The lowest BCUT2D eigenvalue weighted by molar-refractivity contribution is -0.141. The molecule has 17 nitrogen and oxygen atoms in total. The summed E-state index contributed by atoms with van der Waals surface area (Å²) < 4.78 is 0. The summed E-state index contributed by atoms with van der Waals surface area (Å²) in [6.45, 7) is 7.20. The molecule has 8 amide bonds. The van der Waals surface area contributed by atoms with Gasteiger partial charge in [0.25, 0.3) is 0 Å². The van der Waals surface area contributed by atoms with Gasteiger partial charge in [-0.25, -0.2) is 4.79 Å². The Hall–Kier alpha value is -4.77. The summed E-state index contributed by atoms with van der Waals surface area (Å²) in [7, 11) is 0. The van der Waals surface area contributed by atoms with Crippen LogP contribution in [-0.2, 0) is 35.2 Å². The summed E-state index contributed by atoms with van der Waals surface area (Å²) in [5.41, 5.74) is 17.1. The van der Waals surface area contributed by atoms with Crippen molar-refractivity contribution < 1.29 is 38.7 Å². The van der Waals surface area contributed by atoms with Crippen LogP contribution in [0.4, 0.5) is 4.79 Å². The molecule has 12 N–H and O–H groups in total. The van der Waals surface area contributed by atoms with E-state index in [2.05, 4.69) is 26.6 Å². The normalized spacial score (nSPS) is 17.0. The van der Waals surface area contributed by atoms with E-state index in [4.69, 9.17) is 17.2 Å². The van der Waals surface area contributed by atoms with Gasteiger partial charge in [-0.1, -0.05) is 58.0 Å². The number of carbonyl (C=O) groups is 7. The molecule has 0 spiro atoms. The van der Waals surface area contributed by atoms with Gasteiger partial charge in [-0.2, -0.15) is 0 Å². The fourth-order valence-corrected chi connectivity index (χ4v) is 5.95. The van der Waals surface area contributed by atoms with Gasteiger partial charge >= 0.3 is 6.03 Å². The first-order valence-corrected chi connectivity index (χ1v) is 17.8. The van der Waals surface area contributed by atoms with Gasteiger partial charge in [0.2, 0.25) is 35.4 Å². The molecule has 1 saturated heterocycles. The highest BCUT2D eigenvalue weighted by atomic mass is 16.3. The van der Waals surface area contributed by atoms with Gasteiger partial charge in [-0.15, -0.1) is 0 Å². The van der Waals surface area contributed by atoms with Crippen molar-refractivity contribution in [2.45, 2.75) is 109 Å². The number of amides is 8. The molecule has 0 aromatic heterocycles. The third kappa shape index (κ3) is 14.5. The Bertz CT molecular complexity index is 1380. The topological polar surface area (TPSA) is 281 Å². The molecule has 1 fully saturated rings. The Morgan fingerprint density at radius 2 is 1.31 bits per heavy atom. The van der Waals surface area contributed by atoms with Gasteiger partial charge in [0.05, 0.1) is 6.61 Å². The maximum Gasteiger partial charge on any atom is 0.312 e. The number of urea groups is 1. The standard InChI is InChI=1S/C35H57N9O8/c1-20(2)16-25(31(48)40-24(12-8-14-39-35(38)52)34(51)44-15-9-13-28(44)29(37)46)42-32(49)26(17-21(3)4)43-33(50)27(41-30(47)23(36)19-45)18-22-10-6-5-7-11-22/h5-7,10-11,20-21,23-28,45H,8-9,12-19,36H2,1-4H3,(H2,37,46)(H,40,48)(H,41,47)(H,42,49)(H,43,50)(H3,38,39,52)/t23-,24-,25-,26-,27-,28-/m0/s1. The van der Waals surface area contributed by atoms with Crippen LogP contribution in [-0.4, -0.2) is 107 Å². The van der Waals surface area contributed by atoms with Crippen molar-refractivity contribution >= 4 is 41.5 Å². The van der Waals surface area contributed by atoms with Crippen LogP contribution in [0.3, 0.4) is 0 Å². The Morgan fingerprint density at radius 1 is 0.788 bits per heavy atom. The second kappa shape index (κ2) is 21.6. The zero-order valence-corrected chi connectivity index (χ0v) is 30.6. The van der Waals surface area contributed by atoms with Crippen LogP contribution in [0, 0.1) is 11.8 Å². The minimum absolute atomic E-state index is 0.0724. The molecule has 1 aromatic carbocycles. The molecule has 0 aliphatic carbocycles. The molecule has 0 unspecified atom stereocenters. The summed E-state index contributed by atoms with van der Waals surface area (Å²) in [6, 6.07) is 1.58. The molecule has 6 atom stereocenters. The van der Waals surface area contributed by atoms with Gasteiger partial charge in [-0.3, -0.25) is 28.8 Å². The monoisotopic (exact) mass is 731 g/mol. The molecule has 1 heterocycles. The predicted octanol–water partition coefficient (Wildman–Crippen LogP) is -1.50. The van der Waals surface area contributed by atoms with Gasteiger partial charge in [-0.05, 0) is 55.9 Å².